The number of rotatable bonds is 6. The van der Waals surface area contributed by atoms with Crippen LogP contribution in [0.3, 0.4) is 0 Å². The van der Waals surface area contributed by atoms with Gasteiger partial charge < -0.3 is 15.7 Å². The van der Waals surface area contributed by atoms with Crippen LogP contribution < -0.4 is 10.6 Å². The number of carbonyl (C=O) groups excluding carboxylic acids is 1. The van der Waals surface area contributed by atoms with Gasteiger partial charge in [0.1, 0.15) is 0 Å². The minimum atomic E-state index is -0.440. The fraction of sp³-hybridized carbons (Fsp3) is 0.235. The molecule has 0 radical (unpaired) electrons. The Balaban J connectivity index is 2.23. The molecule has 2 aromatic carbocycles. The maximum Gasteiger partial charge on any atom is 0.248 e. The third-order valence-electron chi connectivity index (χ3n) is 3.19. The predicted octanol–water partition coefficient (Wildman–Crippen LogP) is 2.17. The van der Waals surface area contributed by atoms with E-state index in [1.165, 1.54) is 0 Å². The quantitative estimate of drug-likeness (QED) is 0.854. The van der Waals surface area contributed by atoms with Gasteiger partial charge in [-0.25, -0.2) is 0 Å². The van der Waals surface area contributed by atoms with E-state index in [2.05, 4.69) is 4.90 Å². The molecule has 1 amide bonds. The zero-order valence-electron chi connectivity index (χ0n) is 12.1. The lowest BCUT2D eigenvalue weighted by atomic mass is 10.1. The van der Waals surface area contributed by atoms with Crippen LogP contribution in [-0.4, -0.2) is 23.7 Å². The molecule has 0 aromatic heterocycles. The minimum absolute atomic E-state index is 0.432. The normalized spacial score (nSPS) is 11.9. The first-order chi connectivity index (χ1) is 10.1. The number of nitrogens with two attached hydrogens (primary N) is 1. The lowest BCUT2D eigenvalue weighted by molar-refractivity contribution is 0.1000. The number of para-hydroxylation sites is 1. The second-order valence-corrected chi connectivity index (χ2v) is 5.13. The van der Waals surface area contributed by atoms with Crippen LogP contribution in [0.25, 0.3) is 0 Å². The Morgan fingerprint density at radius 1 is 1.19 bits per heavy atom. The van der Waals surface area contributed by atoms with E-state index in [1.54, 1.807) is 19.1 Å². The van der Waals surface area contributed by atoms with Gasteiger partial charge in [-0.2, -0.15) is 0 Å². The van der Waals surface area contributed by atoms with Gasteiger partial charge in [0, 0.05) is 24.3 Å². The van der Waals surface area contributed by atoms with E-state index in [0.29, 0.717) is 18.7 Å². The zero-order chi connectivity index (χ0) is 15.2. The summed E-state index contributed by atoms with van der Waals surface area (Å²) >= 11 is 0. The number of benzene rings is 2. The first kappa shape index (κ1) is 15.1. The van der Waals surface area contributed by atoms with E-state index < -0.39 is 12.0 Å². The number of nitrogens with zero attached hydrogens (tertiary/aromatic N) is 1. The lowest BCUT2D eigenvalue weighted by Gasteiger charge is -2.26. The van der Waals surface area contributed by atoms with Crippen molar-refractivity contribution in [1.82, 2.24) is 0 Å². The molecule has 0 saturated carbocycles. The standard InChI is InChI=1S/C17H20N2O2/c1-13(20)11-19(16-8-3-2-4-9-16)12-14-6-5-7-15(10-14)17(18)21/h2-10,13,20H,11-12H2,1H3,(H2,18,21)/t13-/m1/s1. The third kappa shape index (κ3) is 4.33. The number of carbonyl (C=O) groups is 1. The van der Waals surface area contributed by atoms with Gasteiger partial charge in [-0.1, -0.05) is 30.3 Å². The van der Waals surface area contributed by atoms with Gasteiger partial charge in [0.25, 0.3) is 0 Å². The number of amides is 1. The van der Waals surface area contributed by atoms with E-state index >= 15 is 0 Å². The fourth-order valence-electron chi connectivity index (χ4n) is 2.26. The van der Waals surface area contributed by atoms with Crippen molar-refractivity contribution in [2.24, 2.45) is 5.73 Å². The first-order valence-corrected chi connectivity index (χ1v) is 6.93. The highest BCUT2D eigenvalue weighted by molar-refractivity contribution is 5.92. The van der Waals surface area contributed by atoms with Crippen molar-refractivity contribution in [3.8, 4) is 0 Å². The van der Waals surface area contributed by atoms with Gasteiger partial charge in [-0.3, -0.25) is 4.79 Å². The van der Waals surface area contributed by atoms with Gasteiger partial charge in [0.15, 0.2) is 0 Å². The monoisotopic (exact) mass is 284 g/mol. The summed E-state index contributed by atoms with van der Waals surface area (Å²) in [7, 11) is 0. The van der Waals surface area contributed by atoms with E-state index in [1.807, 2.05) is 42.5 Å². The van der Waals surface area contributed by atoms with E-state index in [-0.39, 0.29) is 0 Å². The van der Waals surface area contributed by atoms with Crippen molar-refractivity contribution < 1.29 is 9.90 Å². The molecule has 0 aliphatic rings. The Bertz CT molecular complexity index is 597. The topological polar surface area (TPSA) is 66.6 Å². The van der Waals surface area contributed by atoms with Crippen molar-refractivity contribution >= 4 is 11.6 Å². The highest BCUT2D eigenvalue weighted by Gasteiger charge is 2.11. The van der Waals surface area contributed by atoms with Crippen LogP contribution in [-0.2, 0) is 6.54 Å². The SMILES string of the molecule is C[C@@H](O)CN(Cc1cccc(C(N)=O)c1)c1ccccc1. The number of hydrogen-bond donors (Lipinski definition) is 2. The molecule has 0 fully saturated rings. The zero-order valence-corrected chi connectivity index (χ0v) is 12.1. The predicted molar refractivity (Wildman–Crippen MR) is 84.1 cm³/mol. The van der Waals surface area contributed by atoms with Crippen LogP contribution in [0.2, 0.25) is 0 Å². The summed E-state index contributed by atoms with van der Waals surface area (Å²) in [5, 5.41) is 9.69. The number of anilines is 1. The van der Waals surface area contributed by atoms with Crippen molar-refractivity contribution in [3.05, 3.63) is 65.7 Å². The number of aliphatic hydroxyl groups is 1. The van der Waals surface area contributed by atoms with E-state index in [4.69, 9.17) is 5.73 Å². The summed E-state index contributed by atoms with van der Waals surface area (Å²) in [6.07, 6.45) is -0.440. The summed E-state index contributed by atoms with van der Waals surface area (Å²) in [4.78, 5) is 13.3. The van der Waals surface area contributed by atoms with Crippen LogP contribution in [0.15, 0.2) is 54.6 Å². The summed E-state index contributed by atoms with van der Waals surface area (Å²) < 4.78 is 0. The van der Waals surface area contributed by atoms with Gasteiger partial charge in [0.05, 0.1) is 6.10 Å². The fourth-order valence-corrected chi connectivity index (χ4v) is 2.26. The van der Waals surface area contributed by atoms with Crippen molar-refractivity contribution in [2.75, 3.05) is 11.4 Å². The van der Waals surface area contributed by atoms with Crippen LogP contribution in [0, 0.1) is 0 Å². The molecule has 21 heavy (non-hydrogen) atoms. The van der Waals surface area contributed by atoms with Crippen LogP contribution >= 0.6 is 0 Å². The van der Waals surface area contributed by atoms with E-state index in [0.717, 1.165) is 11.3 Å². The van der Waals surface area contributed by atoms with E-state index in [9.17, 15) is 9.90 Å². The molecule has 0 aliphatic carbocycles. The van der Waals surface area contributed by atoms with Crippen LogP contribution in [0.5, 0.6) is 0 Å². The van der Waals surface area contributed by atoms with Gasteiger partial charge in [-0.15, -0.1) is 0 Å². The molecule has 4 heteroatoms. The Morgan fingerprint density at radius 3 is 2.52 bits per heavy atom. The largest absolute Gasteiger partial charge is 0.392 e. The average Bonchev–Trinajstić information content (AvgIpc) is 2.47. The third-order valence-corrected chi connectivity index (χ3v) is 3.19. The molecule has 2 aromatic rings. The van der Waals surface area contributed by atoms with Crippen molar-refractivity contribution in [3.63, 3.8) is 0 Å². The van der Waals surface area contributed by atoms with Crippen molar-refractivity contribution in [2.45, 2.75) is 19.6 Å². The number of hydrogen-bond acceptors (Lipinski definition) is 3. The molecule has 0 saturated heterocycles. The Hall–Kier alpha value is -2.33. The maximum absolute atomic E-state index is 11.3. The Kier molecular flexibility index (Phi) is 4.95. The Morgan fingerprint density at radius 2 is 1.90 bits per heavy atom. The van der Waals surface area contributed by atoms with Crippen LogP contribution in [0.4, 0.5) is 5.69 Å². The number of aliphatic hydroxyl groups excluding tert-OH is 1. The molecule has 0 heterocycles. The van der Waals surface area contributed by atoms with Crippen LogP contribution in [0.1, 0.15) is 22.8 Å². The second-order valence-electron chi connectivity index (χ2n) is 5.13. The van der Waals surface area contributed by atoms with Gasteiger partial charge >= 0.3 is 0 Å². The maximum atomic E-state index is 11.3. The molecule has 110 valence electrons. The minimum Gasteiger partial charge on any atom is -0.392 e. The summed E-state index contributed by atoms with van der Waals surface area (Å²) in [5.74, 6) is -0.432. The number of primary amides is 1. The molecule has 1 atom stereocenters. The molecule has 0 spiro atoms. The highest BCUT2D eigenvalue weighted by atomic mass is 16.3. The summed E-state index contributed by atoms with van der Waals surface area (Å²) in [6, 6.07) is 17.1. The summed E-state index contributed by atoms with van der Waals surface area (Å²) in [6.45, 7) is 2.89. The summed E-state index contributed by atoms with van der Waals surface area (Å²) in [5.41, 5.74) is 7.82. The molecule has 3 N–H and O–H groups in total. The molecular weight excluding hydrogens is 264 g/mol. The molecule has 0 bridgehead atoms. The highest BCUT2D eigenvalue weighted by Crippen LogP contribution is 2.18. The average molecular weight is 284 g/mol. The second kappa shape index (κ2) is 6.90. The molecule has 4 nitrogen and oxygen atoms in total. The smallest absolute Gasteiger partial charge is 0.248 e. The van der Waals surface area contributed by atoms with Gasteiger partial charge in [0.2, 0.25) is 5.91 Å². The molecular formula is C17H20N2O2. The molecule has 0 aliphatic heterocycles. The Labute approximate surface area is 124 Å². The van der Waals surface area contributed by atoms with Crippen molar-refractivity contribution in [1.29, 1.82) is 0 Å². The van der Waals surface area contributed by atoms with Gasteiger partial charge in [-0.05, 0) is 36.8 Å². The first-order valence-electron chi connectivity index (χ1n) is 6.93. The lowest BCUT2D eigenvalue weighted by Crippen LogP contribution is -2.30. The molecule has 0 unspecified atom stereocenters. The molecule has 2 rings (SSSR count).